The number of hydrogen-bond donors (Lipinski definition) is 3. The number of nitrogens with one attached hydrogen (secondary N) is 3. The van der Waals surface area contributed by atoms with E-state index in [0.29, 0.717) is 68.0 Å². The van der Waals surface area contributed by atoms with Crippen LogP contribution in [0.4, 0.5) is 28.4 Å². The second-order valence-electron chi connectivity index (χ2n) is 19.3. The summed E-state index contributed by atoms with van der Waals surface area (Å²) in [5.41, 5.74) is 5.38. The number of piperidine rings is 1. The van der Waals surface area contributed by atoms with Crippen LogP contribution in [0.2, 0.25) is 5.02 Å². The average Bonchev–Trinajstić information content (AvgIpc) is 4.11. The van der Waals surface area contributed by atoms with Gasteiger partial charge >= 0.3 is 0 Å². The van der Waals surface area contributed by atoms with Gasteiger partial charge in [0.25, 0.3) is 21.6 Å². The van der Waals surface area contributed by atoms with Crippen LogP contribution in [0.1, 0.15) is 78.9 Å². The summed E-state index contributed by atoms with van der Waals surface area (Å²) in [6.45, 7) is 7.27. The fourth-order valence-electron chi connectivity index (χ4n) is 11.6. The lowest BCUT2D eigenvalue weighted by Gasteiger charge is -2.56. The number of carbonyl (C=O) groups is 1. The molecule has 5 aliphatic heterocycles. The Labute approximate surface area is 394 Å². The standard InChI is InChI=1S/C49H55ClN8O8S/c1-30-36(4-2-5-38(30)50)40-6-3-17-56(40)34-25-49(26-34)14-18-55(19-15-49)33-7-9-37(41(23-33)57-43-22-32-11-16-51-46(32)53-48(43)66-45-29-65-28-44(45)57)47(59)54-67(62,63)35-8-10-39(42(24-35)58(60)61)52-27-31-12-20-64-21-13-31/h2,4-5,7-11,16,22-24,31,34,40,44-45,52H,3,6,12-15,17-21,25-29H2,1H3,(H,51,53)(H,54,59)/t40-,44+,45+/m0/s1. The zero-order valence-corrected chi connectivity index (χ0v) is 39.0. The van der Waals surface area contributed by atoms with E-state index in [1.54, 1.807) is 12.3 Å². The van der Waals surface area contributed by atoms with Crippen LogP contribution < -0.4 is 24.6 Å². The molecule has 2 aromatic heterocycles. The molecule has 7 heterocycles. The summed E-state index contributed by atoms with van der Waals surface area (Å²) in [5, 5.41) is 17.1. The minimum Gasteiger partial charge on any atom is -0.468 e. The van der Waals surface area contributed by atoms with E-state index in [9.17, 15) is 23.3 Å². The number of amides is 1. The molecule has 0 radical (unpaired) electrons. The molecule has 1 spiro atoms. The number of aromatic nitrogens is 2. The van der Waals surface area contributed by atoms with Gasteiger partial charge in [-0.25, -0.2) is 13.1 Å². The maximum Gasteiger partial charge on any atom is 0.293 e. The molecule has 16 nitrogen and oxygen atoms in total. The first kappa shape index (κ1) is 44.1. The van der Waals surface area contributed by atoms with Crippen LogP contribution in [-0.2, 0) is 19.5 Å². The second-order valence-corrected chi connectivity index (χ2v) is 21.4. The number of benzene rings is 3. The van der Waals surface area contributed by atoms with E-state index in [1.807, 2.05) is 35.2 Å². The lowest BCUT2D eigenvalue weighted by molar-refractivity contribution is -0.384. The number of pyridine rings is 1. The predicted molar refractivity (Wildman–Crippen MR) is 255 cm³/mol. The maximum absolute atomic E-state index is 14.6. The van der Waals surface area contributed by atoms with Gasteiger partial charge in [0.15, 0.2) is 0 Å². The van der Waals surface area contributed by atoms with Crippen molar-refractivity contribution in [3.05, 3.63) is 105 Å². The summed E-state index contributed by atoms with van der Waals surface area (Å²) < 4.78 is 48.2. The van der Waals surface area contributed by atoms with Crippen molar-refractivity contribution in [1.29, 1.82) is 0 Å². The van der Waals surface area contributed by atoms with Gasteiger partial charge < -0.3 is 34.3 Å². The van der Waals surface area contributed by atoms with Crippen LogP contribution in [0.5, 0.6) is 5.88 Å². The minimum atomic E-state index is -4.59. The molecule has 3 N–H and O–H groups in total. The van der Waals surface area contributed by atoms with E-state index in [2.05, 4.69) is 43.9 Å². The molecule has 1 aliphatic carbocycles. The van der Waals surface area contributed by atoms with Gasteiger partial charge in [0, 0.05) is 73.3 Å². The van der Waals surface area contributed by atoms with E-state index < -0.39 is 37.5 Å². The minimum absolute atomic E-state index is 0.106. The lowest BCUT2D eigenvalue weighted by Crippen LogP contribution is -2.55. The van der Waals surface area contributed by atoms with Crippen molar-refractivity contribution in [3.63, 3.8) is 0 Å². The summed E-state index contributed by atoms with van der Waals surface area (Å²) >= 11 is 6.57. The first-order chi connectivity index (χ1) is 32.4. The molecule has 67 heavy (non-hydrogen) atoms. The number of fused-ring (bicyclic) bond motifs is 3. The van der Waals surface area contributed by atoms with Crippen LogP contribution in [0, 0.1) is 28.4 Å². The molecule has 11 rings (SSSR count). The summed E-state index contributed by atoms with van der Waals surface area (Å²) in [6.07, 6.45) is 9.80. The van der Waals surface area contributed by atoms with Crippen molar-refractivity contribution in [3.8, 4) is 5.88 Å². The van der Waals surface area contributed by atoms with E-state index >= 15 is 0 Å². The Morgan fingerprint density at radius 2 is 1.81 bits per heavy atom. The van der Waals surface area contributed by atoms with E-state index in [1.165, 1.54) is 42.5 Å². The summed E-state index contributed by atoms with van der Waals surface area (Å²) in [7, 11) is -4.59. The Morgan fingerprint density at radius 1 is 0.985 bits per heavy atom. The fourth-order valence-corrected chi connectivity index (χ4v) is 12.8. The molecule has 0 unspecified atom stereocenters. The zero-order valence-electron chi connectivity index (χ0n) is 37.4. The predicted octanol–water partition coefficient (Wildman–Crippen LogP) is 8.27. The van der Waals surface area contributed by atoms with Crippen LogP contribution in [-0.4, -0.2) is 105 Å². The highest BCUT2D eigenvalue weighted by Gasteiger charge is 2.50. The monoisotopic (exact) mass is 950 g/mol. The van der Waals surface area contributed by atoms with Crippen LogP contribution >= 0.6 is 11.6 Å². The Kier molecular flexibility index (Phi) is 11.6. The normalized spacial score (nSPS) is 23.2. The van der Waals surface area contributed by atoms with E-state index in [0.717, 1.165) is 73.9 Å². The molecular weight excluding hydrogens is 896 g/mol. The third-order valence-corrected chi connectivity index (χ3v) is 17.1. The first-order valence-corrected chi connectivity index (χ1v) is 25.4. The number of carbonyl (C=O) groups excluding carboxylic acids is 1. The molecule has 5 fully saturated rings. The number of aromatic amines is 1. The number of likely N-dealkylation sites (tertiary alicyclic amines) is 1. The molecule has 0 bridgehead atoms. The molecule has 6 aliphatic rings. The Balaban J connectivity index is 0.868. The number of nitrogens with zero attached hydrogens (tertiary/aromatic N) is 5. The number of hydrogen-bond acceptors (Lipinski definition) is 13. The van der Waals surface area contributed by atoms with Crippen molar-refractivity contribution in [2.45, 2.75) is 87.4 Å². The van der Waals surface area contributed by atoms with Crippen LogP contribution in [0.15, 0.2) is 77.8 Å². The molecule has 352 valence electrons. The van der Waals surface area contributed by atoms with Gasteiger partial charge in [0.2, 0.25) is 5.88 Å². The highest BCUT2D eigenvalue weighted by atomic mass is 35.5. The Morgan fingerprint density at radius 3 is 2.61 bits per heavy atom. The third kappa shape index (κ3) is 8.25. The van der Waals surface area contributed by atoms with Crippen molar-refractivity contribution >= 4 is 67.0 Å². The van der Waals surface area contributed by atoms with Crippen LogP contribution in [0.3, 0.4) is 0 Å². The number of anilines is 4. The highest BCUT2D eigenvalue weighted by Crippen LogP contribution is 2.55. The van der Waals surface area contributed by atoms with Gasteiger partial charge in [-0.1, -0.05) is 23.7 Å². The van der Waals surface area contributed by atoms with Gasteiger partial charge in [0.1, 0.15) is 23.1 Å². The number of H-pyrrole nitrogens is 1. The van der Waals surface area contributed by atoms with E-state index in [4.69, 9.17) is 30.8 Å². The highest BCUT2D eigenvalue weighted by molar-refractivity contribution is 7.90. The zero-order chi connectivity index (χ0) is 46.0. The van der Waals surface area contributed by atoms with Crippen LogP contribution in [0.25, 0.3) is 11.0 Å². The molecule has 3 aromatic carbocycles. The van der Waals surface area contributed by atoms with Crippen molar-refractivity contribution in [2.24, 2.45) is 11.3 Å². The van der Waals surface area contributed by atoms with Gasteiger partial charge in [0.05, 0.1) is 40.3 Å². The number of nitro benzene ring substituents is 1. The van der Waals surface area contributed by atoms with Gasteiger partial charge in [-0.05, 0) is 136 Å². The number of halogens is 1. The Hall–Kier alpha value is -5.46. The molecule has 1 amide bonds. The fraction of sp³-hybridized carbons (Fsp3) is 0.469. The third-order valence-electron chi connectivity index (χ3n) is 15.4. The first-order valence-electron chi connectivity index (χ1n) is 23.5. The van der Waals surface area contributed by atoms with Gasteiger partial charge in [-0.15, -0.1) is 0 Å². The smallest absolute Gasteiger partial charge is 0.293 e. The molecule has 5 aromatic rings. The number of ether oxygens (including phenoxy) is 3. The molecule has 4 saturated heterocycles. The van der Waals surface area contributed by atoms with Crippen molar-refractivity contribution in [1.82, 2.24) is 19.6 Å². The van der Waals surface area contributed by atoms with Crippen molar-refractivity contribution < 1.29 is 32.3 Å². The van der Waals surface area contributed by atoms with Gasteiger partial charge in [-0.2, -0.15) is 4.98 Å². The largest absolute Gasteiger partial charge is 0.468 e. The SMILES string of the molecule is Cc1c(Cl)cccc1[C@@H]1CCCN1C1CC2(CCN(c3ccc(C(=O)NS(=O)(=O)c4ccc(NCC5CCOCC5)c([N+](=O)[O-])c4)c(N4c5cc6cc[nH]c6nc5O[C@@H]5COC[C@H]54)c3)CC2)C1. The number of nitro groups is 1. The topological polar surface area (TPSA) is 184 Å². The van der Waals surface area contributed by atoms with Crippen molar-refractivity contribution in [2.75, 3.05) is 67.7 Å². The number of sulfonamides is 1. The summed E-state index contributed by atoms with van der Waals surface area (Å²) in [5.74, 6) is -0.238. The average molecular weight is 952 g/mol. The molecule has 3 atom stereocenters. The molecular formula is C49H55ClN8O8S. The quantitative estimate of drug-likeness (QED) is 0.0850. The Bertz CT molecular complexity index is 2840. The lowest BCUT2D eigenvalue weighted by atomic mass is 9.59. The molecule has 1 saturated carbocycles. The van der Waals surface area contributed by atoms with E-state index in [-0.39, 0.29) is 28.6 Å². The number of rotatable bonds is 11. The van der Waals surface area contributed by atoms with Gasteiger partial charge in [-0.3, -0.25) is 19.8 Å². The maximum atomic E-state index is 14.6. The molecule has 18 heteroatoms. The summed E-state index contributed by atoms with van der Waals surface area (Å²) in [4.78, 5) is 40.9. The summed E-state index contributed by atoms with van der Waals surface area (Å²) in [6, 6.07) is 20.0. The second kappa shape index (κ2) is 17.6.